The van der Waals surface area contributed by atoms with Gasteiger partial charge in [-0.05, 0) is 55.5 Å². The molecule has 0 saturated carbocycles. The second kappa shape index (κ2) is 6.27. The minimum Gasteiger partial charge on any atom is -0.344 e. The van der Waals surface area contributed by atoms with Gasteiger partial charge in [0.2, 0.25) is 0 Å². The highest BCUT2D eigenvalue weighted by Crippen LogP contribution is 2.50. The summed E-state index contributed by atoms with van der Waals surface area (Å²) in [5, 5.41) is 18.6. The van der Waals surface area contributed by atoms with Gasteiger partial charge in [-0.1, -0.05) is 32.0 Å². The molecule has 0 saturated heterocycles. The first-order valence-corrected chi connectivity index (χ1v) is 10.3. The summed E-state index contributed by atoms with van der Waals surface area (Å²) in [5.74, 6) is 0.489. The van der Waals surface area contributed by atoms with Crippen LogP contribution in [0.2, 0.25) is 0 Å². The molecule has 0 radical (unpaired) electrons. The summed E-state index contributed by atoms with van der Waals surface area (Å²) in [5.41, 5.74) is 6.14. The quantitative estimate of drug-likeness (QED) is 0.631. The van der Waals surface area contributed by atoms with Crippen LogP contribution in [0, 0.1) is 25.2 Å². The molecular weight excluding hydrogens is 374 g/mol. The molecule has 0 spiro atoms. The number of para-hydroxylation sites is 1. The van der Waals surface area contributed by atoms with Crippen LogP contribution in [0.25, 0.3) is 11.7 Å². The zero-order valence-corrected chi connectivity index (χ0v) is 17.7. The van der Waals surface area contributed by atoms with E-state index in [0.717, 1.165) is 24.6 Å². The maximum Gasteiger partial charge on any atom is 0.276 e. The molecular formula is C24H23N5O. The number of fused-ring (bicyclic) bond motifs is 1. The van der Waals surface area contributed by atoms with E-state index in [1.807, 2.05) is 13.0 Å². The molecule has 150 valence electrons. The summed E-state index contributed by atoms with van der Waals surface area (Å²) < 4.78 is 1.43. The van der Waals surface area contributed by atoms with Gasteiger partial charge in [-0.3, -0.25) is 4.79 Å². The fourth-order valence-electron chi connectivity index (χ4n) is 5.02. The summed E-state index contributed by atoms with van der Waals surface area (Å²) in [6, 6.07) is 8.68. The van der Waals surface area contributed by atoms with Crippen molar-refractivity contribution in [3.63, 3.8) is 0 Å². The minimum atomic E-state index is -0.355. The zero-order valence-electron chi connectivity index (χ0n) is 17.7. The number of benzene rings is 1. The van der Waals surface area contributed by atoms with Crippen LogP contribution in [0.3, 0.4) is 0 Å². The van der Waals surface area contributed by atoms with E-state index < -0.39 is 0 Å². The molecule has 2 aliphatic heterocycles. The summed E-state index contributed by atoms with van der Waals surface area (Å²) in [4.78, 5) is 15.1. The van der Waals surface area contributed by atoms with Gasteiger partial charge in [0.15, 0.2) is 5.65 Å². The lowest BCUT2D eigenvalue weighted by Gasteiger charge is -2.30. The fraction of sp³-hybridized carbons (Fsp3) is 0.333. The second-order valence-corrected chi connectivity index (χ2v) is 8.65. The van der Waals surface area contributed by atoms with Crippen molar-refractivity contribution in [1.29, 1.82) is 5.26 Å². The Morgan fingerprint density at radius 2 is 2.00 bits per heavy atom. The molecule has 0 aliphatic carbocycles. The monoisotopic (exact) mass is 397 g/mol. The number of nitrogens with zero attached hydrogens (tertiary/aromatic N) is 5. The van der Waals surface area contributed by atoms with Crippen LogP contribution in [-0.2, 0) is 11.8 Å². The molecule has 1 aromatic carbocycles. The fourth-order valence-corrected chi connectivity index (χ4v) is 5.02. The van der Waals surface area contributed by atoms with Crippen LogP contribution >= 0.6 is 0 Å². The van der Waals surface area contributed by atoms with Crippen molar-refractivity contribution in [3.8, 4) is 6.07 Å². The van der Waals surface area contributed by atoms with Gasteiger partial charge in [0, 0.05) is 28.6 Å². The zero-order chi connectivity index (χ0) is 21.2. The topological polar surface area (TPSA) is 74.3 Å². The van der Waals surface area contributed by atoms with Gasteiger partial charge < -0.3 is 4.90 Å². The van der Waals surface area contributed by atoms with Gasteiger partial charge >= 0.3 is 0 Å². The van der Waals surface area contributed by atoms with Crippen LogP contribution < -0.4 is 15.7 Å². The predicted octanol–water partition coefficient (Wildman–Crippen LogP) is 2.71. The van der Waals surface area contributed by atoms with Gasteiger partial charge in [-0.25, -0.2) is 4.40 Å². The lowest BCUT2D eigenvalue weighted by Crippen LogP contribution is -2.30. The number of pyridine rings is 1. The van der Waals surface area contributed by atoms with Crippen molar-refractivity contribution in [2.24, 2.45) is 0 Å². The van der Waals surface area contributed by atoms with Gasteiger partial charge in [0.1, 0.15) is 17.5 Å². The van der Waals surface area contributed by atoms with Crippen molar-refractivity contribution >= 4 is 17.4 Å². The standard InChI is InChI=1S/C24H23N5O/c1-14-17(22-27-26-15(2)29(22)23(30)18(14)13-25)10-11-20-24(3,4)19-9-5-7-16-8-6-12-28(20)21(16)19/h5,7,9-11H,6,8,12H2,1-4H3/b17-10+,20-11-. The SMILES string of the molecule is Cc1c(C#N)c(=O)n2c(C)nnc2/c1=C/C=C1\N2CCCc3cccc(c32)C1(C)C. The Bertz CT molecular complexity index is 1400. The largest absolute Gasteiger partial charge is 0.344 e. The van der Waals surface area contributed by atoms with Crippen molar-refractivity contribution in [2.75, 3.05) is 11.4 Å². The highest BCUT2D eigenvalue weighted by molar-refractivity contribution is 5.76. The highest BCUT2D eigenvalue weighted by Gasteiger charge is 2.41. The van der Waals surface area contributed by atoms with E-state index >= 15 is 0 Å². The van der Waals surface area contributed by atoms with Crippen LogP contribution in [0.15, 0.2) is 34.8 Å². The number of anilines is 1. The normalized spacial score (nSPS) is 18.8. The number of allylic oxidation sites excluding steroid dienone is 2. The van der Waals surface area contributed by atoms with E-state index in [1.165, 1.54) is 26.9 Å². The Labute approximate surface area is 174 Å². The van der Waals surface area contributed by atoms with Crippen molar-refractivity contribution < 1.29 is 0 Å². The molecule has 0 unspecified atom stereocenters. The van der Waals surface area contributed by atoms with Gasteiger partial charge in [-0.15, -0.1) is 10.2 Å². The first-order valence-electron chi connectivity index (χ1n) is 10.3. The molecule has 6 heteroatoms. The van der Waals surface area contributed by atoms with E-state index in [-0.39, 0.29) is 16.5 Å². The van der Waals surface area contributed by atoms with Crippen LogP contribution in [0.4, 0.5) is 5.69 Å². The van der Waals surface area contributed by atoms with Crippen LogP contribution in [0.5, 0.6) is 0 Å². The van der Waals surface area contributed by atoms with Gasteiger partial charge in [0.25, 0.3) is 5.56 Å². The first-order chi connectivity index (χ1) is 14.4. The van der Waals surface area contributed by atoms with Gasteiger partial charge in [-0.2, -0.15) is 5.26 Å². The molecule has 0 amide bonds. The molecule has 2 aliphatic rings. The number of hydrogen-bond donors (Lipinski definition) is 0. The van der Waals surface area contributed by atoms with E-state index in [2.05, 4.69) is 59.3 Å². The van der Waals surface area contributed by atoms with Gasteiger partial charge in [0.05, 0.1) is 0 Å². The number of rotatable bonds is 1. The Balaban J connectivity index is 1.79. The molecule has 5 rings (SSSR count). The van der Waals surface area contributed by atoms with Crippen molar-refractivity contribution in [1.82, 2.24) is 14.6 Å². The van der Waals surface area contributed by atoms with E-state index in [1.54, 1.807) is 6.92 Å². The number of hydrogen-bond acceptors (Lipinski definition) is 5. The number of aromatic nitrogens is 3. The third-order valence-corrected chi connectivity index (χ3v) is 6.60. The molecule has 2 aromatic heterocycles. The minimum absolute atomic E-state index is 0.128. The molecule has 0 atom stereocenters. The smallest absolute Gasteiger partial charge is 0.276 e. The van der Waals surface area contributed by atoms with E-state index in [0.29, 0.717) is 17.0 Å². The van der Waals surface area contributed by atoms with E-state index in [9.17, 15) is 10.1 Å². The molecule has 0 N–H and O–H groups in total. The maximum atomic E-state index is 12.7. The molecule has 4 heterocycles. The number of nitriles is 1. The summed E-state index contributed by atoms with van der Waals surface area (Å²) in [7, 11) is 0. The predicted molar refractivity (Wildman–Crippen MR) is 116 cm³/mol. The average molecular weight is 397 g/mol. The Hall–Kier alpha value is -3.46. The Morgan fingerprint density at radius 3 is 2.77 bits per heavy atom. The van der Waals surface area contributed by atoms with E-state index in [4.69, 9.17) is 0 Å². The highest BCUT2D eigenvalue weighted by atomic mass is 16.1. The third kappa shape index (κ3) is 2.32. The Kier molecular flexibility index (Phi) is 3.88. The second-order valence-electron chi connectivity index (χ2n) is 8.65. The van der Waals surface area contributed by atoms with Crippen LogP contribution in [-0.4, -0.2) is 21.1 Å². The lowest BCUT2D eigenvalue weighted by atomic mass is 9.83. The molecule has 0 fully saturated rings. The summed E-state index contributed by atoms with van der Waals surface area (Å²) >= 11 is 0. The molecule has 0 bridgehead atoms. The lowest BCUT2D eigenvalue weighted by molar-refractivity contribution is 0.626. The summed E-state index contributed by atoms with van der Waals surface area (Å²) in [6.45, 7) is 9.04. The molecule has 30 heavy (non-hydrogen) atoms. The first kappa shape index (κ1) is 18.6. The summed E-state index contributed by atoms with van der Waals surface area (Å²) in [6.07, 6.45) is 6.37. The average Bonchev–Trinajstić information content (AvgIpc) is 3.20. The third-order valence-electron chi connectivity index (χ3n) is 6.60. The van der Waals surface area contributed by atoms with Crippen LogP contribution in [0.1, 0.15) is 48.3 Å². The molecule has 6 nitrogen and oxygen atoms in total. The van der Waals surface area contributed by atoms with Crippen molar-refractivity contribution in [3.05, 3.63) is 73.6 Å². The maximum absolute atomic E-state index is 12.7. The Morgan fingerprint density at radius 1 is 1.20 bits per heavy atom. The molecule has 3 aromatic rings. The number of aryl methyl sites for hydroxylation is 2. The van der Waals surface area contributed by atoms with Crippen molar-refractivity contribution in [2.45, 2.75) is 46.0 Å².